The van der Waals surface area contributed by atoms with E-state index >= 15 is 0 Å². The van der Waals surface area contributed by atoms with Gasteiger partial charge in [0.25, 0.3) is 0 Å². The average molecular weight is 322 g/mol. The highest BCUT2D eigenvalue weighted by atomic mass is 32.1. The van der Waals surface area contributed by atoms with Crippen LogP contribution in [0.15, 0.2) is 54.7 Å². The van der Waals surface area contributed by atoms with Crippen molar-refractivity contribution in [2.75, 3.05) is 18.1 Å². The second-order valence-electron chi connectivity index (χ2n) is 5.68. The maximum Gasteiger partial charge on any atom is 0.142 e. The van der Waals surface area contributed by atoms with Crippen LogP contribution < -0.4 is 9.64 Å². The molecule has 0 amide bonds. The predicted molar refractivity (Wildman–Crippen MR) is 95.3 cm³/mol. The molecule has 3 aromatic rings. The van der Waals surface area contributed by atoms with Gasteiger partial charge in [-0.1, -0.05) is 42.5 Å². The van der Waals surface area contributed by atoms with Crippen LogP contribution in [0.5, 0.6) is 5.75 Å². The molecular weight excluding hydrogens is 304 g/mol. The Labute approximate surface area is 140 Å². The van der Waals surface area contributed by atoms with Gasteiger partial charge in [0.15, 0.2) is 0 Å². The number of aryl methyl sites for hydroxylation is 1. The number of nitrogens with zero attached hydrogens (tertiary/aromatic N) is 2. The number of hydrogen-bond acceptors (Lipinski definition) is 4. The second-order valence-corrected chi connectivity index (χ2v) is 6.79. The smallest absolute Gasteiger partial charge is 0.142 e. The lowest BCUT2D eigenvalue weighted by atomic mass is 10.1. The number of fused-ring (bicyclic) bond motifs is 1. The molecule has 0 aliphatic carbocycles. The molecule has 1 aliphatic heterocycles. The standard InChI is InChI=1S/C19H18N2OS/c1-14-6-5-9-16-19(14)21(10-11-22-16)13-18-20-12-17(23-18)15-7-3-2-4-8-15/h2-9,12H,10-11,13H2,1H3. The number of aromatic nitrogens is 1. The molecule has 1 aromatic heterocycles. The normalized spacial score (nSPS) is 13.5. The minimum atomic E-state index is 0.730. The predicted octanol–water partition coefficient (Wildman–Crippen LogP) is 4.52. The fourth-order valence-corrected chi connectivity index (χ4v) is 3.91. The molecule has 0 saturated heterocycles. The first-order valence-electron chi connectivity index (χ1n) is 7.79. The van der Waals surface area contributed by atoms with Crippen molar-refractivity contribution in [2.24, 2.45) is 0 Å². The van der Waals surface area contributed by atoms with Crippen LogP contribution in [0, 0.1) is 6.92 Å². The van der Waals surface area contributed by atoms with Gasteiger partial charge in [0.05, 0.1) is 23.7 Å². The molecule has 116 valence electrons. The van der Waals surface area contributed by atoms with E-state index in [1.807, 2.05) is 18.3 Å². The Bertz CT molecular complexity index is 813. The van der Waals surface area contributed by atoms with Crippen molar-refractivity contribution in [2.45, 2.75) is 13.5 Å². The molecule has 0 N–H and O–H groups in total. The summed E-state index contributed by atoms with van der Waals surface area (Å²) in [5.41, 5.74) is 3.69. The molecule has 0 unspecified atom stereocenters. The molecular formula is C19H18N2OS. The number of para-hydroxylation sites is 1. The number of rotatable bonds is 3. The van der Waals surface area contributed by atoms with Gasteiger partial charge in [-0.15, -0.1) is 11.3 Å². The first-order valence-corrected chi connectivity index (χ1v) is 8.60. The number of thiazole rings is 1. The zero-order valence-electron chi connectivity index (χ0n) is 13.0. The summed E-state index contributed by atoms with van der Waals surface area (Å²) in [5.74, 6) is 0.982. The van der Waals surface area contributed by atoms with Gasteiger partial charge in [0.2, 0.25) is 0 Å². The third kappa shape index (κ3) is 2.82. The number of hydrogen-bond donors (Lipinski definition) is 0. The Balaban J connectivity index is 1.60. The molecule has 0 atom stereocenters. The van der Waals surface area contributed by atoms with E-state index in [-0.39, 0.29) is 0 Å². The lowest BCUT2D eigenvalue weighted by Crippen LogP contribution is -2.32. The fraction of sp³-hybridized carbons (Fsp3) is 0.211. The summed E-state index contributed by atoms with van der Waals surface area (Å²) in [4.78, 5) is 8.22. The quantitative estimate of drug-likeness (QED) is 0.709. The molecule has 23 heavy (non-hydrogen) atoms. The molecule has 0 saturated carbocycles. The minimum absolute atomic E-state index is 0.730. The van der Waals surface area contributed by atoms with Crippen LogP contribution in [0.4, 0.5) is 5.69 Å². The number of ether oxygens (including phenoxy) is 1. The fourth-order valence-electron chi connectivity index (χ4n) is 2.97. The Hall–Kier alpha value is -2.33. The maximum absolute atomic E-state index is 5.79. The molecule has 2 aromatic carbocycles. The van der Waals surface area contributed by atoms with Crippen molar-refractivity contribution >= 4 is 17.0 Å². The van der Waals surface area contributed by atoms with Crippen LogP contribution >= 0.6 is 11.3 Å². The summed E-state index contributed by atoms with van der Waals surface area (Å²) in [7, 11) is 0. The molecule has 4 heteroatoms. The highest BCUT2D eigenvalue weighted by Crippen LogP contribution is 2.36. The monoisotopic (exact) mass is 322 g/mol. The van der Waals surface area contributed by atoms with Crippen LogP contribution in [-0.4, -0.2) is 18.1 Å². The Morgan fingerprint density at radius 1 is 1.13 bits per heavy atom. The van der Waals surface area contributed by atoms with Crippen LogP contribution in [0.2, 0.25) is 0 Å². The highest BCUT2D eigenvalue weighted by Gasteiger charge is 2.21. The zero-order valence-corrected chi connectivity index (χ0v) is 13.8. The van der Waals surface area contributed by atoms with Crippen molar-refractivity contribution in [3.8, 4) is 16.2 Å². The minimum Gasteiger partial charge on any atom is -0.490 e. The second kappa shape index (κ2) is 6.05. The third-order valence-corrected chi connectivity index (χ3v) is 5.10. The van der Waals surface area contributed by atoms with E-state index in [2.05, 4.69) is 53.2 Å². The van der Waals surface area contributed by atoms with Crippen LogP contribution in [0.3, 0.4) is 0 Å². The van der Waals surface area contributed by atoms with Gasteiger partial charge in [-0.2, -0.15) is 0 Å². The molecule has 4 rings (SSSR count). The van der Waals surface area contributed by atoms with Crippen LogP contribution in [0.1, 0.15) is 10.6 Å². The molecule has 0 spiro atoms. The van der Waals surface area contributed by atoms with E-state index in [1.54, 1.807) is 11.3 Å². The van der Waals surface area contributed by atoms with Gasteiger partial charge in [0, 0.05) is 6.20 Å². The molecule has 0 radical (unpaired) electrons. The largest absolute Gasteiger partial charge is 0.490 e. The van der Waals surface area contributed by atoms with E-state index in [0.717, 1.165) is 30.5 Å². The Kier molecular flexibility index (Phi) is 3.75. The van der Waals surface area contributed by atoms with E-state index in [4.69, 9.17) is 4.74 Å². The first-order chi connectivity index (χ1) is 11.3. The molecule has 3 nitrogen and oxygen atoms in total. The van der Waals surface area contributed by atoms with Crippen LogP contribution in [-0.2, 0) is 6.54 Å². The highest BCUT2D eigenvalue weighted by molar-refractivity contribution is 7.15. The van der Waals surface area contributed by atoms with Crippen molar-refractivity contribution in [1.82, 2.24) is 4.98 Å². The van der Waals surface area contributed by atoms with Gasteiger partial charge < -0.3 is 9.64 Å². The average Bonchev–Trinajstić information content (AvgIpc) is 3.05. The number of benzene rings is 2. The van der Waals surface area contributed by atoms with E-state index in [9.17, 15) is 0 Å². The summed E-state index contributed by atoms with van der Waals surface area (Å²) in [6, 6.07) is 16.7. The van der Waals surface area contributed by atoms with Gasteiger partial charge in [0.1, 0.15) is 17.4 Å². The summed E-state index contributed by atoms with van der Waals surface area (Å²) in [5, 5.41) is 1.14. The van der Waals surface area contributed by atoms with Gasteiger partial charge >= 0.3 is 0 Å². The lowest BCUT2D eigenvalue weighted by Gasteiger charge is -2.32. The zero-order chi connectivity index (χ0) is 15.6. The maximum atomic E-state index is 5.79. The number of anilines is 1. The third-order valence-electron chi connectivity index (χ3n) is 4.07. The molecule has 2 heterocycles. The van der Waals surface area contributed by atoms with Gasteiger partial charge in [-0.3, -0.25) is 0 Å². The molecule has 1 aliphatic rings. The van der Waals surface area contributed by atoms with Crippen molar-refractivity contribution in [3.63, 3.8) is 0 Å². The SMILES string of the molecule is Cc1cccc2c1N(Cc1ncc(-c3ccccc3)s1)CCO2. The summed E-state index contributed by atoms with van der Waals surface area (Å²) in [6.45, 7) is 4.60. The summed E-state index contributed by atoms with van der Waals surface area (Å²) in [6.07, 6.45) is 1.98. The lowest BCUT2D eigenvalue weighted by molar-refractivity contribution is 0.306. The summed E-state index contributed by atoms with van der Waals surface area (Å²) < 4.78 is 5.79. The van der Waals surface area contributed by atoms with E-state index < -0.39 is 0 Å². The molecule has 0 bridgehead atoms. The summed E-state index contributed by atoms with van der Waals surface area (Å²) >= 11 is 1.77. The van der Waals surface area contributed by atoms with Crippen molar-refractivity contribution in [3.05, 3.63) is 65.3 Å². The first kappa shape index (κ1) is 14.3. The Morgan fingerprint density at radius 2 is 2.00 bits per heavy atom. The van der Waals surface area contributed by atoms with Gasteiger partial charge in [-0.25, -0.2) is 4.98 Å². The Morgan fingerprint density at radius 3 is 2.87 bits per heavy atom. The van der Waals surface area contributed by atoms with Crippen molar-refractivity contribution < 1.29 is 4.74 Å². The molecule has 0 fully saturated rings. The van der Waals surface area contributed by atoms with E-state index in [0.29, 0.717) is 0 Å². The topological polar surface area (TPSA) is 25.4 Å². The van der Waals surface area contributed by atoms with Crippen LogP contribution in [0.25, 0.3) is 10.4 Å². The van der Waals surface area contributed by atoms with E-state index in [1.165, 1.54) is 21.7 Å². The van der Waals surface area contributed by atoms with Crippen molar-refractivity contribution in [1.29, 1.82) is 0 Å². The van der Waals surface area contributed by atoms with Gasteiger partial charge in [-0.05, 0) is 24.1 Å².